The molecular formula is C8H8INO4S. The molecule has 1 rings (SSSR count). The molecule has 2 atom stereocenters. The summed E-state index contributed by atoms with van der Waals surface area (Å²) in [4.78, 5) is 10.2. The topological polar surface area (TPSA) is 80.4 Å². The minimum atomic E-state index is -2.11. The molecule has 82 valence electrons. The third-order valence-corrected chi connectivity index (χ3v) is 4.39. The van der Waals surface area contributed by atoms with E-state index in [0.29, 0.717) is 0 Å². The Hall–Kier alpha value is -0.540. The van der Waals surface area contributed by atoms with E-state index in [2.05, 4.69) is 0 Å². The van der Waals surface area contributed by atoms with Crippen LogP contribution in [0, 0.1) is 17.0 Å². The van der Waals surface area contributed by atoms with Gasteiger partial charge < -0.3 is 4.55 Å². The molecule has 0 aliphatic heterocycles. The van der Waals surface area contributed by atoms with E-state index < -0.39 is 19.3 Å². The van der Waals surface area contributed by atoms with Gasteiger partial charge in [-0.25, -0.2) is 4.21 Å². The van der Waals surface area contributed by atoms with Crippen molar-refractivity contribution in [3.63, 3.8) is 0 Å². The molecule has 7 heteroatoms. The van der Waals surface area contributed by atoms with E-state index in [4.69, 9.17) is 4.55 Å². The lowest BCUT2D eigenvalue weighted by molar-refractivity contribution is -0.385. The summed E-state index contributed by atoms with van der Waals surface area (Å²) in [5.41, 5.74) is 0.904. The molecule has 5 nitrogen and oxygen atoms in total. The predicted octanol–water partition coefficient (Wildman–Crippen LogP) is 2.56. The molecule has 1 aromatic carbocycles. The summed E-state index contributed by atoms with van der Waals surface area (Å²) in [6.45, 7) is 1.73. The Balaban J connectivity index is 3.28. The molecule has 1 N–H and O–H groups in total. The van der Waals surface area contributed by atoms with Crippen molar-refractivity contribution in [2.24, 2.45) is 0 Å². The van der Waals surface area contributed by atoms with Crippen molar-refractivity contribution in [1.29, 1.82) is 0 Å². The van der Waals surface area contributed by atoms with Gasteiger partial charge in [-0.2, -0.15) is 0 Å². The quantitative estimate of drug-likeness (QED) is 0.301. The summed E-state index contributed by atoms with van der Waals surface area (Å²) in [6.07, 6.45) is 0. The molecule has 0 saturated carbocycles. The number of aryl methyl sites for hydroxylation is 1. The van der Waals surface area contributed by atoms with Crippen LogP contribution < -0.4 is 0 Å². The van der Waals surface area contributed by atoms with Gasteiger partial charge in [-0.3, -0.25) is 10.1 Å². The number of rotatable bonds is 3. The Bertz CT molecular complexity index is 423. The Morgan fingerprint density at radius 2 is 2.20 bits per heavy atom. The summed E-state index contributed by atoms with van der Waals surface area (Å²) < 4.78 is 18.9. The van der Waals surface area contributed by atoms with Crippen LogP contribution in [0.15, 0.2) is 18.2 Å². The van der Waals surface area contributed by atoms with Gasteiger partial charge in [-0.05, 0) is 18.6 Å². The minimum Gasteiger partial charge on any atom is -0.305 e. The monoisotopic (exact) mass is 341 g/mol. The lowest BCUT2D eigenvalue weighted by atomic mass is 10.1. The second kappa shape index (κ2) is 4.99. The van der Waals surface area contributed by atoms with Crippen molar-refractivity contribution in [2.75, 3.05) is 0 Å². The van der Waals surface area contributed by atoms with Crippen LogP contribution in [0.25, 0.3) is 0 Å². The van der Waals surface area contributed by atoms with Gasteiger partial charge >= 0.3 is 0 Å². The summed E-state index contributed by atoms with van der Waals surface area (Å²) >= 11 is -0.399. The van der Waals surface area contributed by atoms with Crippen molar-refractivity contribution >= 4 is 39.4 Å². The lowest BCUT2D eigenvalue weighted by Crippen LogP contribution is -2.02. The van der Waals surface area contributed by atoms with Gasteiger partial charge in [0.15, 0.2) is 11.1 Å². The van der Waals surface area contributed by atoms with Gasteiger partial charge in [0.05, 0.1) is 10.5 Å². The van der Waals surface area contributed by atoms with Gasteiger partial charge in [0, 0.05) is 6.07 Å². The van der Waals surface area contributed by atoms with E-state index in [9.17, 15) is 14.3 Å². The number of alkyl halides is 1. The highest BCUT2D eigenvalue weighted by Gasteiger charge is 2.23. The molecule has 0 aromatic heterocycles. The molecular weight excluding hydrogens is 333 g/mol. The maximum Gasteiger partial charge on any atom is 0.274 e. The Kier molecular flexibility index (Phi) is 4.17. The standard InChI is InChI=1S/C8H8INO4S/c1-5-2-3-6(8(9)15(13)14)7(4-5)10(11)12/h2-4,8H,1H3,(H,13,14). The Morgan fingerprint density at radius 3 is 2.67 bits per heavy atom. The minimum absolute atomic E-state index is 0.114. The second-order valence-electron chi connectivity index (χ2n) is 2.91. The Morgan fingerprint density at radius 1 is 1.60 bits per heavy atom. The summed E-state index contributed by atoms with van der Waals surface area (Å²) in [5, 5.41) is 10.7. The molecule has 0 heterocycles. The van der Waals surface area contributed by atoms with E-state index in [1.54, 1.807) is 35.6 Å². The number of hydrogen-bond acceptors (Lipinski definition) is 3. The van der Waals surface area contributed by atoms with Crippen molar-refractivity contribution in [1.82, 2.24) is 0 Å². The SMILES string of the molecule is Cc1ccc(C(I)S(=O)O)c([N+](=O)[O-])c1. The van der Waals surface area contributed by atoms with E-state index in [1.165, 1.54) is 12.1 Å². The third kappa shape index (κ3) is 2.95. The van der Waals surface area contributed by atoms with Crippen LogP contribution in [0.3, 0.4) is 0 Å². The number of nitro benzene ring substituents is 1. The number of benzene rings is 1. The molecule has 2 unspecified atom stereocenters. The van der Waals surface area contributed by atoms with Crippen molar-refractivity contribution < 1.29 is 13.7 Å². The first-order valence-corrected chi connectivity index (χ1v) is 6.33. The average Bonchev–Trinajstić information content (AvgIpc) is 2.16. The zero-order chi connectivity index (χ0) is 11.6. The summed E-state index contributed by atoms with van der Waals surface area (Å²) in [7, 11) is 0. The third-order valence-electron chi connectivity index (χ3n) is 1.80. The lowest BCUT2D eigenvalue weighted by Gasteiger charge is -2.06. The zero-order valence-corrected chi connectivity index (χ0v) is 10.7. The molecule has 0 amide bonds. The largest absolute Gasteiger partial charge is 0.305 e. The van der Waals surface area contributed by atoms with Crippen molar-refractivity contribution in [3.8, 4) is 0 Å². The number of halogens is 1. The molecule has 0 aliphatic carbocycles. The summed E-state index contributed by atoms with van der Waals surface area (Å²) in [5.74, 6) is 0. The van der Waals surface area contributed by atoms with Crippen molar-refractivity contribution in [2.45, 2.75) is 10.2 Å². The highest BCUT2D eigenvalue weighted by atomic mass is 127. The summed E-state index contributed by atoms with van der Waals surface area (Å²) in [6, 6.07) is 4.59. The highest BCUT2D eigenvalue weighted by Crippen LogP contribution is 2.33. The fourth-order valence-corrected chi connectivity index (χ4v) is 2.06. The van der Waals surface area contributed by atoms with Crippen LogP contribution in [0.1, 0.15) is 14.4 Å². The second-order valence-corrected chi connectivity index (χ2v) is 6.03. The van der Waals surface area contributed by atoms with Gasteiger partial charge in [-0.1, -0.05) is 28.7 Å². The van der Waals surface area contributed by atoms with Gasteiger partial charge in [0.1, 0.15) is 3.26 Å². The number of nitro groups is 1. The van der Waals surface area contributed by atoms with E-state index in [-0.39, 0.29) is 11.3 Å². The van der Waals surface area contributed by atoms with E-state index >= 15 is 0 Å². The smallest absolute Gasteiger partial charge is 0.274 e. The van der Waals surface area contributed by atoms with Crippen LogP contribution in [-0.4, -0.2) is 13.7 Å². The molecule has 1 aromatic rings. The maximum atomic E-state index is 10.8. The molecule has 0 aliphatic rings. The maximum absolute atomic E-state index is 10.8. The van der Waals surface area contributed by atoms with Gasteiger partial charge in [0.2, 0.25) is 0 Å². The Labute approximate surface area is 102 Å². The molecule has 15 heavy (non-hydrogen) atoms. The van der Waals surface area contributed by atoms with Crippen LogP contribution in [0.5, 0.6) is 0 Å². The number of hydrogen-bond donors (Lipinski definition) is 1. The fraction of sp³-hybridized carbons (Fsp3) is 0.250. The van der Waals surface area contributed by atoms with Gasteiger partial charge in [0.25, 0.3) is 5.69 Å². The van der Waals surface area contributed by atoms with Crippen molar-refractivity contribution in [3.05, 3.63) is 39.4 Å². The fourth-order valence-electron chi connectivity index (χ4n) is 1.11. The molecule has 0 radical (unpaired) electrons. The van der Waals surface area contributed by atoms with Gasteiger partial charge in [-0.15, -0.1) is 0 Å². The van der Waals surface area contributed by atoms with Crippen LogP contribution >= 0.6 is 22.6 Å². The molecule has 0 saturated heterocycles. The highest BCUT2D eigenvalue weighted by molar-refractivity contribution is 14.1. The first-order chi connectivity index (χ1) is 6.93. The molecule has 0 fully saturated rings. The van der Waals surface area contributed by atoms with Crippen LogP contribution in [-0.2, 0) is 11.1 Å². The first-order valence-electron chi connectivity index (χ1n) is 3.92. The average molecular weight is 341 g/mol. The molecule has 0 spiro atoms. The predicted molar refractivity (Wildman–Crippen MR) is 65.4 cm³/mol. The number of nitrogens with zero attached hydrogens (tertiary/aromatic N) is 1. The molecule has 0 bridgehead atoms. The zero-order valence-electron chi connectivity index (χ0n) is 7.71. The van der Waals surface area contributed by atoms with Crippen LogP contribution in [0.2, 0.25) is 0 Å². The van der Waals surface area contributed by atoms with Crippen LogP contribution in [0.4, 0.5) is 5.69 Å². The van der Waals surface area contributed by atoms with E-state index in [0.717, 1.165) is 5.56 Å². The van der Waals surface area contributed by atoms with E-state index in [1.807, 2.05) is 0 Å². The first kappa shape index (κ1) is 12.5. The normalized spacial score (nSPS) is 14.6.